The average Bonchev–Trinajstić information content (AvgIpc) is 3.54. The third-order valence-corrected chi connectivity index (χ3v) is 6.71. The van der Waals surface area contributed by atoms with Gasteiger partial charge in [0.25, 0.3) is 5.91 Å². The summed E-state index contributed by atoms with van der Waals surface area (Å²) in [4.78, 5) is 28.5. The number of rotatable bonds is 5. The maximum Gasteiger partial charge on any atom is 0.309 e. The van der Waals surface area contributed by atoms with Gasteiger partial charge in [0.05, 0.1) is 10.8 Å². The van der Waals surface area contributed by atoms with Crippen LogP contribution < -0.4 is 0 Å². The van der Waals surface area contributed by atoms with Gasteiger partial charge in [0, 0.05) is 24.7 Å². The first-order valence-electron chi connectivity index (χ1n) is 10.6. The largest absolute Gasteiger partial charge is 0.459 e. The molecule has 1 aliphatic heterocycles. The molecule has 162 valence electrons. The first-order chi connectivity index (χ1) is 15.7. The van der Waals surface area contributed by atoms with Gasteiger partial charge in [-0.1, -0.05) is 47.6 Å². The van der Waals surface area contributed by atoms with Crippen molar-refractivity contribution >= 4 is 34.0 Å². The van der Waals surface area contributed by atoms with Gasteiger partial charge in [-0.15, -0.1) is 11.3 Å². The fraction of sp³-hybridized carbons (Fsp3) is 0.240. The van der Waals surface area contributed by atoms with Crippen LogP contribution in [0.2, 0.25) is 0 Å². The maximum absolute atomic E-state index is 13.1. The van der Waals surface area contributed by atoms with Crippen LogP contribution >= 0.6 is 11.3 Å². The lowest BCUT2D eigenvalue weighted by atomic mass is 9.95. The van der Waals surface area contributed by atoms with Gasteiger partial charge in [-0.3, -0.25) is 9.59 Å². The van der Waals surface area contributed by atoms with Crippen molar-refractivity contribution in [3.63, 3.8) is 0 Å². The Morgan fingerprint density at radius 1 is 1.06 bits per heavy atom. The van der Waals surface area contributed by atoms with E-state index in [2.05, 4.69) is 5.16 Å². The van der Waals surface area contributed by atoms with Crippen molar-refractivity contribution in [1.29, 1.82) is 0 Å². The monoisotopic (exact) mass is 446 g/mol. The number of nitrogens with zero attached hydrogens (tertiary/aromatic N) is 2. The van der Waals surface area contributed by atoms with Crippen molar-refractivity contribution in [2.45, 2.75) is 19.4 Å². The molecule has 0 bridgehead atoms. The minimum atomic E-state index is -0.247. The number of benzene rings is 2. The average molecular weight is 447 g/mol. The van der Waals surface area contributed by atoms with Crippen molar-refractivity contribution in [2.75, 3.05) is 13.1 Å². The number of amides is 1. The summed E-state index contributed by atoms with van der Waals surface area (Å²) in [6.07, 6.45) is 1.18. The molecule has 0 unspecified atom stereocenters. The van der Waals surface area contributed by atoms with Crippen molar-refractivity contribution in [2.24, 2.45) is 5.92 Å². The summed E-state index contributed by atoms with van der Waals surface area (Å²) < 4.78 is 10.8. The molecule has 2 aromatic carbocycles. The van der Waals surface area contributed by atoms with Crippen molar-refractivity contribution in [3.8, 4) is 10.6 Å². The molecule has 0 saturated carbocycles. The molecule has 1 saturated heterocycles. The highest BCUT2D eigenvalue weighted by molar-refractivity contribution is 7.13. The van der Waals surface area contributed by atoms with E-state index in [9.17, 15) is 9.59 Å². The quantitative estimate of drug-likeness (QED) is 0.396. The van der Waals surface area contributed by atoms with Gasteiger partial charge < -0.3 is 14.2 Å². The standard InChI is InChI=1S/C25H22N2O4S/c28-24(21-8-3-6-17-5-1-2-7-20(17)21)27-12-10-18(11-13-27)25(29)30-16-19-15-22(31-26-19)23-9-4-14-32-23/h1-9,14-15,18H,10-13,16H2. The number of piperidine rings is 1. The van der Waals surface area contributed by atoms with Gasteiger partial charge >= 0.3 is 5.97 Å². The van der Waals surface area contributed by atoms with Crippen LogP contribution in [0.1, 0.15) is 28.9 Å². The highest BCUT2D eigenvalue weighted by Gasteiger charge is 2.29. The summed E-state index contributed by atoms with van der Waals surface area (Å²) >= 11 is 1.56. The van der Waals surface area contributed by atoms with Crippen LogP contribution in [-0.4, -0.2) is 35.0 Å². The Morgan fingerprint density at radius 2 is 1.88 bits per heavy atom. The molecule has 0 atom stereocenters. The number of hydrogen-bond donors (Lipinski definition) is 0. The normalized spacial score (nSPS) is 14.6. The number of ether oxygens (including phenoxy) is 1. The number of carbonyl (C=O) groups excluding carboxylic acids is 2. The molecular weight excluding hydrogens is 424 g/mol. The van der Waals surface area contributed by atoms with Crippen LogP contribution in [0.3, 0.4) is 0 Å². The van der Waals surface area contributed by atoms with Gasteiger partial charge in [-0.2, -0.15) is 0 Å². The Bertz CT molecular complexity index is 1230. The SMILES string of the molecule is O=C(OCc1cc(-c2cccs2)on1)C1CCN(C(=O)c2cccc3ccccc23)CC1. The molecule has 0 radical (unpaired) electrons. The third-order valence-electron chi connectivity index (χ3n) is 5.82. The van der Waals surface area contributed by atoms with Crippen LogP contribution in [0.4, 0.5) is 0 Å². The van der Waals surface area contributed by atoms with E-state index >= 15 is 0 Å². The fourth-order valence-electron chi connectivity index (χ4n) is 4.08. The second kappa shape index (κ2) is 8.96. The smallest absolute Gasteiger partial charge is 0.309 e. The Kier molecular flexibility index (Phi) is 5.73. The fourth-order valence-corrected chi connectivity index (χ4v) is 4.75. The maximum atomic E-state index is 13.1. The van der Waals surface area contributed by atoms with E-state index in [1.807, 2.05) is 64.9 Å². The van der Waals surface area contributed by atoms with Crippen molar-refractivity contribution in [1.82, 2.24) is 10.1 Å². The number of fused-ring (bicyclic) bond motifs is 1. The molecule has 0 spiro atoms. The molecule has 6 nitrogen and oxygen atoms in total. The highest BCUT2D eigenvalue weighted by atomic mass is 32.1. The number of esters is 1. The molecule has 1 aliphatic rings. The van der Waals surface area contributed by atoms with Gasteiger partial charge in [-0.05, 0) is 41.1 Å². The molecule has 1 amide bonds. The summed E-state index contributed by atoms with van der Waals surface area (Å²) in [5, 5.41) is 7.95. The number of carbonyl (C=O) groups is 2. The lowest BCUT2D eigenvalue weighted by Gasteiger charge is -2.31. The molecule has 0 aliphatic carbocycles. The zero-order valence-corrected chi connectivity index (χ0v) is 18.2. The van der Waals surface area contributed by atoms with Crippen LogP contribution in [0, 0.1) is 5.92 Å². The van der Waals surface area contributed by atoms with Crippen molar-refractivity contribution in [3.05, 3.63) is 77.3 Å². The van der Waals surface area contributed by atoms with E-state index in [0.717, 1.165) is 15.6 Å². The summed E-state index contributed by atoms with van der Waals surface area (Å²) in [6, 6.07) is 19.4. The van der Waals surface area contributed by atoms with Gasteiger partial charge in [0.1, 0.15) is 12.3 Å². The van der Waals surface area contributed by atoms with Gasteiger partial charge in [0.2, 0.25) is 0 Å². The van der Waals surface area contributed by atoms with E-state index in [4.69, 9.17) is 9.26 Å². The summed E-state index contributed by atoms with van der Waals surface area (Å²) in [5.74, 6) is 0.224. The summed E-state index contributed by atoms with van der Waals surface area (Å²) in [5.41, 5.74) is 1.29. The second-order valence-electron chi connectivity index (χ2n) is 7.86. The van der Waals surface area contributed by atoms with Crippen LogP contribution in [0.15, 0.2) is 70.6 Å². The molecule has 0 N–H and O–H groups in total. The first kappa shape index (κ1) is 20.5. The molecule has 1 fully saturated rings. The number of thiophene rings is 1. The summed E-state index contributed by atoms with van der Waals surface area (Å²) in [7, 11) is 0. The zero-order valence-electron chi connectivity index (χ0n) is 17.4. The molecule has 32 heavy (non-hydrogen) atoms. The third kappa shape index (κ3) is 4.16. The number of likely N-dealkylation sites (tertiary alicyclic amines) is 1. The van der Waals surface area contributed by atoms with Crippen LogP contribution in [-0.2, 0) is 16.1 Å². The van der Waals surface area contributed by atoms with E-state index in [1.54, 1.807) is 17.4 Å². The molecule has 7 heteroatoms. The second-order valence-corrected chi connectivity index (χ2v) is 8.81. The van der Waals surface area contributed by atoms with E-state index in [1.165, 1.54) is 0 Å². The predicted octanol–water partition coefficient (Wildman–Crippen LogP) is 5.15. The molecule has 2 aromatic heterocycles. The predicted molar refractivity (Wildman–Crippen MR) is 122 cm³/mol. The minimum Gasteiger partial charge on any atom is -0.459 e. The first-order valence-corrected chi connectivity index (χ1v) is 11.5. The van der Waals surface area contributed by atoms with Crippen molar-refractivity contribution < 1.29 is 18.8 Å². The van der Waals surface area contributed by atoms with E-state index < -0.39 is 0 Å². The summed E-state index contributed by atoms with van der Waals surface area (Å²) in [6.45, 7) is 1.16. The topological polar surface area (TPSA) is 72.6 Å². The Morgan fingerprint density at radius 3 is 2.69 bits per heavy atom. The molecule has 3 heterocycles. The number of hydrogen-bond acceptors (Lipinski definition) is 6. The van der Waals surface area contributed by atoms with Crippen LogP contribution in [0.5, 0.6) is 0 Å². The lowest BCUT2D eigenvalue weighted by molar-refractivity contribution is -0.151. The Balaban J connectivity index is 1.16. The highest BCUT2D eigenvalue weighted by Crippen LogP contribution is 2.27. The van der Waals surface area contributed by atoms with Gasteiger partial charge in [-0.25, -0.2) is 0 Å². The molecular formula is C25H22N2O4S. The Hall–Kier alpha value is -3.45. The lowest BCUT2D eigenvalue weighted by Crippen LogP contribution is -2.40. The zero-order chi connectivity index (χ0) is 21.9. The van der Waals surface area contributed by atoms with Gasteiger partial charge in [0.15, 0.2) is 5.76 Å². The van der Waals surface area contributed by atoms with E-state index in [-0.39, 0.29) is 24.4 Å². The minimum absolute atomic E-state index is 0.0114. The molecule has 4 aromatic rings. The molecule has 5 rings (SSSR count). The van der Waals surface area contributed by atoms with E-state index in [0.29, 0.717) is 42.9 Å². The Labute approximate surface area is 189 Å². The number of aromatic nitrogens is 1. The van der Waals surface area contributed by atoms with Crippen LogP contribution in [0.25, 0.3) is 21.4 Å².